The van der Waals surface area contributed by atoms with Crippen molar-refractivity contribution in [3.63, 3.8) is 0 Å². The van der Waals surface area contributed by atoms with Crippen LogP contribution in [0.25, 0.3) is 0 Å². The molecule has 7 nitrogen and oxygen atoms in total. The normalized spacial score (nSPS) is 12.9. The Morgan fingerprint density at radius 2 is 1.89 bits per heavy atom. The van der Waals surface area contributed by atoms with E-state index in [0.29, 0.717) is 23.8 Å². The van der Waals surface area contributed by atoms with Gasteiger partial charge in [-0.25, -0.2) is 4.79 Å². The van der Waals surface area contributed by atoms with Crippen molar-refractivity contribution in [3.8, 4) is 0 Å². The van der Waals surface area contributed by atoms with E-state index in [2.05, 4.69) is 29.6 Å². The average Bonchev–Trinajstić information content (AvgIpc) is 3.27. The lowest BCUT2D eigenvalue weighted by Crippen LogP contribution is -2.22. The summed E-state index contributed by atoms with van der Waals surface area (Å²) in [6.45, 7) is 6.18. The number of amides is 1. The summed E-state index contributed by atoms with van der Waals surface area (Å²) in [5, 5.41) is 17.2. The van der Waals surface area contributed by atoms with Crippen molar-refractivity contribution in [2.45, 2.75) is 45.6 Å². The molecule has 2 aromatic rings. The Morgan fingerprint density at radius 1 is 1.25 bits per heavy atom. The summed E-state index contributed by atoms with van der Waals surface area (Å²) in [5.41, 5.74) is 4.05. The zero-order valence-corrected chi connectivity index (χ0v) is 15.3. The van der Waals surface area contributed by atoms with Crippen molar-refractivity contribution in [1.82, 2.24) is 15.8 Å². The first-order valence-electron chi connectivity index (χ1n) is 8.44. The van der Waals surface area contributed by atoms with E-state index in [4.69, 9.17) is 14.4 Å². The van der Waals surface area contributed by atoms with Crippen LogP contribution in [0.1, 0.15) is 52.7 Å². The first kappa shape index (κ1) is 21.4. The molecule has 2 heterocycles. The molecule has 1 aliphatic heterocycles. The molecule has 0 unspecified atom stereocenters. The highest BCUT2D eigenvalue weighted by Gasteiger charge is 2.38. The van der Waals surface area contributed by atoms with Crippen LogP contribution >= 0.6 is 0 Å². The number of aromatic nitrogens is 1. The Morgan fingerprint density at radius 3 is 2.46 bits per heavy atom. The van der Waals surface area contributed by atoms with Crippen LogP contribution in [0.2, 0.25) is 0 Å². The quantitative estimate of drug-likeness (QED) is 0.730. The third kappa shape index (κ3) is 5.81. The summed E-state index contributed by atoms with van der Waals surface area (Å²) >= 11 is 0. The number of benzene rings is 1. The minimum absolute atomic E-state index is 0.0906. The average molecular weight is 399 g/mol. The van der Waals surface area contributed by atoms with Gasteiger partial charge in [-0.15, -0.1) is 0 Å². The lowest BCUT2D eigenvalue weighted by Gasteiger charge is -2.05. The zero-order chi connectivity index (χ0) is 20.9. The summed E-state index contributed by atoms with van der Waals surface area (Å²) < 4.78 is 36.9. The van der Waals surface area contributed by atoms with Crippen LogP contribution in [0.5, 0.6) is 0 Å². The minimum atomic E-state index is -5.08. The molecule has 3 rings (SSSR count). The number of rotatable bonds is 4. The van der Waals surface area contributed by atoms with Crippen LogP contribution in [-0.4, -0.2) is 28.3 Å². The molecule has 1 aliphatic rings. The third-order valence-corrected chi connectivity index (χ3v) is 3.93. The van der Waals surface area contributed by atoms with Gasteiger partial charge in [0.25, 0.3) is 5.91 Å². The van der Waals surface area contributed by atoms with Gasteiger partial charge in [0.2, 0.25) is 0 Å². The van der Waals surface area contributed by atoms with Crippen molar-refractivity contribution in [3.05, 3.63) is 52.4 Å². The topological polar surface area (TPSA) is 104 Å². The molecule has 3 N–H and O–H groups in total. The van der Waals surface area contributed by atoms with Gasteiger partial charge in [-0.2, -0.15) is 13.2 Å². The predicted molar refractivity (Wildman–Crippen MR) is 92.4 cm³/mol. The standard InChI is InChI=1S/C16H19N3O2.C2HF3O2/c1-10(2)15-6-14(21-19-15)9-18-16(20)11-3-4-12-7-17-8-13(12)5-11;3-2(4,5)1(6)7/h3-6,10,17H,7-9H2,1-2H3,(H,18,20);(H,6,7). The van der Waals surface area contributed by atoms with Crippen molar-refractivity contribution in [2.24, 2.45) is 0 Å². The molecule has 0 saturated heterocycles. The number of hydrogen-bond donors (Lipinski definition) is 3. The number of alkyl halides is 3. The molecule has 0 spiro atoms. The highest BCUT2D eigenvalue weighted by Crippen LogP contribution is 2.17. The summed E-state index contributed by atoms with van der Waals surface area (Å²) in [7, 11) is 0. The van der Waals surface area contributed by atoms with Crippen LogP contribution in [0.4, 0.5) is 13.2 Å². The Kier molecular flexibility index (Phi) is 6.79. The largest absolute Gasteiger partial charge is 0.490 e. The molecule has 28 heavy (non-hydrogen) atoms. The van der Waals surface area contributed by atoms with Crippen LogP contribution in [0.3, 0.4) is 0 Å². The Bertz CT molecular complexity index is 847. The molecular weight excluding hydrogens is 379 g/mol. The first-order valence-corrected chi connectivity index (χ1v) is 8.44. The second-order valence-electron chi connectivity index (χ2n) is 6.45. The summed E-state index contributed by atoms with van der Waals surface area (Å²) in [6, 6.07) is 7.71. The lowest BCUT2D eigenvalue weighted by atomic mass is 10.1. The molecule has 0 fully saturated rings. The number of carboxylic acid groups (broad SMARTS) is 1. The molecule has 1 amide bonds. The van der Waals surface area contributed by atoms with Gasteiger partial charge in [-0.1, -0.05) is 25.1 Å². The molecule has 0 atom stereocenters. The molecule has 152 valence electrons. The van der Waals surface area contributed by atoms with E-state index in [9.17, 15) is 18.0 Å². The van der Waals surface area contributed by atoms with Crippen molar-refractivity contribution >= 4 is 11.9 Å². The van der Waals surface area contributed by atoms with Crippen molar-refractivity contribution in [1.29, 1.82) is 0 Å². The second kappa shape index (κ2) is 8.87. The van der Waals surface area contributed by atoms with Gasteiger partial charge >= 0.3 is 12.1 Å². The fourth-order valence-electron chi connectivity index (χ4n) is 2.39. The number of halogens is 3. The number of aliphatic carboxylic acids is 1. The van der Waals surface area contributed by atoms with E-state index >= 15 is 0 Å². The molecule has 0 aliphatic carbocycles. The van der Waals surface area contributed by atoms with Gasteiger partial charge in [0, 0.05) is 24.7 Å². The Hall–Kier alpha value is -2.88. The van der Waals surface area contributed by atoms with E-state index in [-0.39, 0.29) is 5.91 Å². The fourth-order valence-corrected chi connectivity index (χ4v) is 2.39. The van der Waals surface area contributed by atoms with E-state index in [1.807, 2.05) is 24.3 Å². The summed E-state index contributed by atoms with van der Waals surface area (Å²) in [6.07, 6.45) is -5.08. The zero-order valence-electron chi connectivity index (χ0n) is 15.3. The molecule has 0 saturated carbocycles. The number of nitrogens with one attached hydrogen (secondary N) is 2. The number of nitrogens with zero attached hydrogens (tertiary/aromatic N) is 1. The van der Waals surface area contributed by atoms with Crippen LogP contribution in [-0.2, 0) is 24.4 Å². The third-order valence-electron chi connectivity index (χ3n) is 3.93. The number of carbonyl (C=O) groups excluding carboxylic acids is 1. The maximum atomic E-state index is 12.2. The smallest absolute Gasteiger partial charge is 0.475 e. The van der Waals surface area contributed by atoms with Crippen molar-refractivity contribution in [2.75, 3.05) is 0 Å². The van der Waals surface area contributed by atoms with E-state index in [1.54, 1.807) is 0 Å². The van der Waals surface area contributed by atoms with Crippen LogP contribution in [0, 0.1) is 0 Å². The number of carboxylic acids is 1. The minimum Gasteiger partial charge on any atom is -0.475 e. The maximum absolute atomic E-state index is 12.2. The molecular formula is C18H20F3N3O4. The molecule has 1 aromatic heterocycles. The highest BCUT2D eigenvalue weighted by molar-refractivity contribution is 5.94. The monoisotopic (exact) mass is 399 g/mol. The van der Waals surface area contributed by atoms with Crippen LogP contribution in [0.15, 0.2) is 28.8 Å². The van der Waals surface area contributed by atoms with Gasteiger partial charge in [0.1, 0.15) is 0 Å². The van der Waals surface area contributed by atoms with Gasteiger partial charge in [0.15, 0.2) is 5.76 Å². The second-order valence-corrected chi connectivity index (χ2v) is 6.45. The van der Waals surface area contributed by atoms with E-state index < -0.39 is 12.1 Å². The SMILES string of the molecule is CC(C)c1cc(CNC(=O)c2ccc3c(c2)CNC3)on1.O=C(O)C(F)(F)F. The van der Waals surface area contributed by atoms with Gasteiger partial charge in [-0.05, 0) is 29.2 Å². The fraction of sp³-hybridized carbons (Fsp3) is 0.389. The Balaban J connectivity index is 0.000000345. The maximum Gasteiger partial charge on any atom is 0.490 e. The highest BCUT2D eigenvalue weighted by atomic mass is 19.4. The molecule has 0 bridgehead atoms. The predicted octanol–water partition coefficient (Wildman–Crippen LogP) is 2.96. The van der Waals surface area contributed by atoms with Gasteiger partial charge in [0.05, 0.1) is 12.2 Å². The number of fused-ring (bicyclic) bond motifs is 1. The van der Waals surface area contributed by atoms with Gasteiger partial charge in [-0.3, -0.25) is 4.79 Å². The van der Waals surface area contributed by atoms with E-state index in [0.717, 1.165) is 18.8 Å². The Labute approximate surface area is 158 Å². The molecule has 10 heteroatoms. The number of hydrogen-bond acceptors (Lipinski definition) is 5. The summed E-state index contributed by atoms with van der Waals surface area (Å²) in [4.78, 5) is 21.1. The van der Waals surface area contributed by atoms with E-state index in [1.165, 1.54) is 11.1 Å². The first-order chi connectivity index (χ1) is 13.1. The van der Waals surface area contributed by atoms with Gasteiger partial charge < -0.3 is 20.3 Å². The van der Waals surface area contributed by atoms with Crippen molar-refractivity contribution < 1.29 is 32.4 Å². The molecule has 1 aromatic carbocycles. The summed E-state index contributed by atoms with van der Waals surface area (Å²) in [5.74, 6) is -1.85. The van der Waals surface area contributed by atoms with Crippen LogP contribution < -0.4 is 10.6 Å². The number of carbonyl (C=O) groups is 2. The molecule has 0 radical (unpaired) electrons. The lowest BCUT2D eigenvalue weighted by molar-refractivity contribution is -0.192.